The number of nitrogens with one attached hydrogen (secondary N) is 1. The zero-order valence-corrected chi connectivity index (χ0v) is 19.2. The summed E-state index contributed by atoms with van der Waals surface area (Å²) >= 11 is 1.60. The lowest BCUT2D eigenvalue weighted by atomic mass is 9.89. The van der Waals surface area contributed by atoms with Gasteiger partial charge in [-0.05, 0) is 57.1 Å². The smallest absolute Gasteiger partial charge is 0.243 e. The third-order valence-electron chi connectivity index (χ3n) is 6.33. The molecule has 1 aromatic carbocycles. The van der Waals surface area contributed by atoms with Crippen molar-refractivity contribution in [2.75, 3.05) is 18.4 Å². The highest BCUT2D eigenvalue weighted by Crippen LogP contribution is 2.34. The van der Waals surface area contributed by atoms with E-state index in [4.69, 9.17) is 0 Å². The van der Waals surface area contributed by atoms with Gasteiger partial charge in [-0.15, -0.1) is 11.3 Å². The first-order valence-electron chi connectivity index (χ1n) is 10.7. The Kier molecular flexibility index (Phi) is 6.27. The Morgan fingerprint density at radius 2 is 1.90 bits per heavy atom. The highest BCUT2D eigenvalue weighted by molar-refractivity contribution is 7.89. The largest absolute Gasteiger partial charge is 0.302 e. The number of fused-ring (bicyclic) bond motifs is 1. The number of hydrogen-bond acceptors (Lipinski definition) is 5. The molecule has 1 aliphatic heterocycles. The number of amides is 1. The number of hydrogen-bond donors (Lipinski definition) is 1. The van der Waals surface area contributed by atoms with Crippen LogP contribution in [0.4, 0.5) is 5.13 Å². The van der Waals surface area contributed by atoms with E-state index in [1.165, 1.54) is 22.0 Å². The van der Waals surface area contributed by atoms with Crippen LogP contribution in [-0.4, -0.2) is 36.7 Å². The summed E-state index contributed by atoms with van der Waals surface area (Å²) in [6.45, 7) is 4.88. The summed E-state index contributed by atoms with van der Waals surface area (Å²) in [5, 5.41) is 3.68. The molecule has 0 saturated carbocycles. The van der Waals surface area contributed by atoms with E-state index >= 15 is 0 Å². The van der Waals surface area contributed by atoms with Gasteiger partial charge in [-0.1, -0.05) is 31.0 Å². The van der Waals surface area contributed by atoms with Crippen molar-refractivity contribution < 1.29 is 13.2 Å². The van der Waals surface area contributed by atoms with E-state index in [9.17, 15) is 13.2 Å². The molecular weight excluding hydrogens is 418 g/mol. The Labute approximate surface area is 182 Å². The molecule has 6 nitrogen and oxygen atoms in total. The minimum Gasteiger partial charge on any atom is -0.302 e. The van der Waals surface area contributed by atoms with Gasteiger partial charge in [0.2, 0.25) is 15.9 Å². The molecule has 0 spiro atoms. The minimum absolute atomic E-state index is 0.0412. The van der Waals surface area contributed by atoms with Gasteiger partial charge in [-0.2, -0.15) is 4.31 Å². The number of piperidine rings is 1. The fourth-order valence-corrected chi connectivity index (χ4v) is 6.87. The first-order chi connectivity index (χ1) is 14.4. The van der Waals surface area contributed by atoms with Crippen LogP contribution < -0.4 is 5.32 Å². The van der Waals surface area contributed by atoms with Gasteiger partial charge in [0, 0.05) is 23.9 Å². The molecule has 0 bridgehead atoms. The summed E-state index contributed by atoms with van der Waals surface area (Å²) in [5.74, 6) is 0.501. The van der Waals surface area contributed by atoms with Gasteiger partial charge in [-0.3, -0.25) is 4.79 Å². The molecule has 1 aromatic heterocycles. The number of anilines is 1. The van der Waals surface area contributed by atoms with Crippen LogP contribution in [0.2, 0.25) is 0 Å². The number of benzene rings is 1. The van der Waals surface area contributed by atoms with E-state index in [2.05, 4.69) is 17.2 Å². The van der Waals surface area contributed by atoms with E-state index in [0.29, 0.717) is 36.0 Å². The number of rotatable bonds is 5. The van der Waals surface area contributed by atoms with E-state index in [-0.39, 0.29) is 11.8 Å². The lowest BCUT2D eigenvalue weighted by Crippen LogP contribution is -2.41. The van der Waals surface area contributed by atoms with Crippen LogP contribution in [0.15, 0.2) is 29.2 Å². The Morgan fingerprint density at radius 1 is 1.20 bits per heavy atom. The number of nitrogens with zero attached hydrogens (tertiary/aromatic N) is 2. The van der Waals surface area contributed by atoms with E-state index in [0.717, 1.165) is 30.0 Å². The van der Waals surface area contributed by atoms with Gasteiger partial charge < -0.3 is 5.32 Å². The minimum atomic E-state index is -3.51. The van der Waals surface area contributed by atoms with Crippen LogP contribution in [0, 0.1) is 18.8 Å². The molecule has 8 heteroatoms. The van der Waals surface area contributed by atoms with Crippen molar-refractivity contribution in [2.45, 2.75) is 57.3 Å². The molecule has 0 radical (unpaired) electrons. The second-order valence-electron chi connectivity index (χ2n) is 8.39. The quantitative estimate of drug-likeness (QED) is 0.751. The van der Waals surface area contributed by atoms with Crippen molar-refractivity contribution in [1.29, 1.82) is 0 Å². The fourth-order valence-electron chi connectivity index (χ4n) is 4.27. The van der Waals surface area contributed by atoms with Gasteiger partial charge in [0.25, 0.3) is 0 Å². The summed E-state index contributed by atoms with van der Waals surface area (Å²) in [7, 11) is -3.51. The lowest BCUT2D eigenvalue weighted by molar-refractivity contribution is -0.120. The normalized spacial score (nSPS) is 20.7. The van der Waals surface area contributed by atoms with E-state index in [1.54, 1.807) is 23.5 Å². The third-order valence-corrected chi connectivity index (χ3v) is 9.28. The molecule has 1 aliphatic carbocycles. The van der Waals surface area contributed by atoms with Crippen molar-refractivity contribution in [1.82, 2.24) is 9.29 Å². The van der Waals surface area contributed by atoms with E-state index < -0.39 is 10.0 Å². The second kappa shape index (κ2) is 8.77. The molecule has 1 unspecified atom stereocenters. The third kappa shape index (κ3) is 4.45. The summed E-state index contributed by atoms with van der Waals surface area (Å²) in [6, 6.07) is 6.92. The SMILES string of the molecule is CCC1CCc2nc(NC(=O)C3CCN(S(=O)(=O)c4ccc(C)cc4)CC3)sc2C1. The van der Waals surface area contributed by atoms with Crippen LogP contribution >= 0.6 is 11.3 Å². The highest BCUT2D eigenvalue weighted by atomic mass is 32.2. The molecule has 1 atom stereocenters. The van der Waals surface area contributed by atoms with Gasteiger partial charge in [0.1, 0.15) is 0 Å². The zero-order chi connectivity index (χ0) is 21.3. The van der Waals surface area contributed by atoms with Crippen LogP contribution in [-0.2, 0) is 27.7 Å². The number of thiazole rings is 1. The number of carbonyl (C=O) groups excluding carboxylic acids is 1. The molecular formula is C22H29N3O3S2. The Balaban J connectivity index is 1.35. The predicted octanol–water partition coefficient (Wildman–Crippen LogP) is 4.01. The fraction of sp³-hybridized carbons (Fsp3) is 0.545. The molecule has 162 valence electrons. The summed E-state index contributed by atoms with van der Waals surface area (Å²) in [5.41, 5.74) is 2.16. The molecule has 1 saturated heterocycles. The van der Waals surface area contributed by atoms with Crippen molar-refractivity contribution in [3.63, 3.8) is 0 Å². The number of aryl methyl sites for hydroxylation is 2. The van der Waals surface area contributed by atoms with Crippen LogP contribution in [0.5, 0.6) is 0 Å². The number of aromatic nitrogens is 1. The first kappa shape index (κ1) is 21.5. The maximum absolute atomic E-state index is 12.8. The lowest BCUT2D eigenvalue weighted by Gasteiger charge is -2.30. The summed E-state index contributed by atoms with van der Waals surface area (Å²) in [4.78, 5) is 19.0. The first-order valence-corrected chi connectivity index (χ1v) is 13.0. The van der Waals surface area contributed by atoms with Gasteiger partial charge >= 0.3 is 0 Å². The van der Waals surface area contributed by atoms with Crippen molar-refractivity contribution >= 4 is 32.4 Å². The summed E-state index contributed by atoms with van der Waals surface area (Å²) < 4.78 is 27.2. The highest BCUT2D eigenvalue weighted by Gasteiger charge is 2.32. The average Bonchev–Trinajstić information content (AvgIpc) is 3.15. The van der Waals surface area contributed by atoms with Crippen molar-refractivity contribution in [2.24, 2.45) is 11.8 Å². The Hall–Kier alpha value is -1.77. The molecule has 4 rings (SSSR count). The molecule has 1 N–H and O–H groups in total. The van der Waals surface area contributed by atoms with Gasteiger partial charge in [0.15, 0.2) is 5.13 Å². The molecule has 30 heavy (non-hydrogen) atoms. The van der Waals surface area contributed by atoms with E-state index in [1.807, 2.05) is 19.1 Å². The predicted molar refractivity (Wildman–Crippen MR) is 119 cm³/mol. The van der Waals surface area contributed by atoms with Crippen LogP contribution in [0.3, 0.4) is 0 Å². The van der Waals surface area contributed by atoms with Crippen LogP contribution in [0.25, 0.3) is 0 Å². The molecule has 2 heterocycles. The van der Waals surface area contributed by atoms with Gasteiger partial charge in [-0.25, -0.2) is 13.4 Å². The maximum Gasteiger partial charge on any atom is 0.243 e. The Morgan fingerprint density at radius 3 is 2.57 bits per heavy atom. The number of carbonyl (C=O) groups is 1. The Bertz CT molecular complexity index is 1010. The zero-order valence-electron chi connectivity index (χ0n) is 17.6. The second-order valence-corrected chi connectivity index (χ2v) is 11.4. The average molecular weight is 448 g/mol. The maximum atomic E-state index is 12.8. The monoisotopic (exact) mass is 447 g/mol. The number of sulfonamides is 1. The topological polar surface area (TPSA) is 79.4 Å². The van der Waals surface area contributed by atoms with Crippen molar-refractivity contribution in [3.05, 3.63) is 40.4 Å². The molecule has 1 fully saturated rings. The molecule has 2 aromatic rings. The van der Waals surface area contributed by atoms with Crippen molar-refractivity contribution in [3.8, 4) is 0 Å². The van der Waals surface area contributed by atoms with Gasteiger partial charge in [0.05, 0.1) is 10.6 Å². The standard InChI is InChI=1S/C22H29N3O3S2/c1-3-16-6-9-19-20(14-16)29-22(23-19)24-21(26)17-10-12-25(13-11-17)30(27,28)18-7-4-15(2)5-8-18/h4-5,7-8,16-17H,3,6,9-14H2,1-2H3,(H,23,24,26). The van der Waals surface area contributed by atoms with Crippen LogP contribution in [0.1, 0.15) is 48.7 Å². The summed E-state index contributed by atoms with van der Waals surface area (Å²) in [6.07, 6.45) is 5.47. The molecule has 1 amide bonds. The molecule has 2 aliphatic rings.